The number of hydrogen-bond acceptors (Lipinski definition) is 5. The van der Waals surface area contributed by atoms with E-state index in [0.29, 0.717) is 54.9 Å². The minimum absolute atomic E-state index is 0.171. The monoisotopic (exact) mass is 498 g/mol. The summed E-state index contributed by atoms with van der Waals surface area (Å²) in [6.07, 6.45) is -1.65. The Balaban J connectivity index is 0.000000429. The smallest absolute Gasteiger partial charge is 0.477 e. The SMILES string of the molecule is NCCCn1nc2c(c1C(=O)O)CCc1cnc(-c3cc(F)cc(F)c3)cc1-2.O=C(O)C(F)(F)F. The molecule has 35 heavy (non-hydrogen) atoms. The standard InChI is InChI=1S/C20H18F2N4O2.C2HF3O2/c21-13-6-12(7-14(22)8-13)17-9-16-11(10-24-17)2-3-15-18(16)25-26(5-1-4-23)19(15)20(27)28;3-2(4,5)1(6)7/h6-10H,1-5,23H2,(H,27,28);(H,6,7). The topological polar surface area (TPSA) is 131 Å². The molecule has 186 valence electrons. The van der Waals surface area contributed by atoms with E-state index in [-0.39, 0.29) is 5.69 Å². The molecule has 8 nitrogen and oxygen atoms in total. The highest BCUT2D eigenvalue weighted by atomic mass is 19.4. The maximum Gasteiger partial charge on any atom is 0.490 e. The number of alkyl halides is 3. The fourth-order valence-corrected chi connectivity index (χ4v) is 3.62. The van der Waals surface area contributed by atoms with Gasteiger partial charge in [-0.05, 0) is 49.6 Å². The molecule has 0 unspecified atom stereocenters. The third-order valence-corrected chi connectivity index (χ3v) is 5.11. The van der Waals surface area contributed by atoms with Crippen molar-refractivity contribution in [2.45, 2.75) is 32.0 Å². The Morgan fingerprint density at radius 2 is 1.69 bits per heavy atom. The molecule has 0 bridgehead atoms. The van der Waals surface area contributed by atoms with Crippen LogP contribution in [0.25, 0.3) is 22.5 Å². The number of carboxylic acids is 2. The lowest BCUT2D eigenvalue weighted by atomic mass is 9.89. The zero-order valence-corrected chi connectivity index (χ0v) is 17.9. The number of hydrogen-bond donors (Lipinski definition) is 3. The summed E-state index contributed by atoms with van der Waals surface area (Å²) in [5.41, 5.74) is 9.35. The van der Waals surface area contributed by atoms with Gasteiger partial charge in [0.1, 0.15) is 17.3 Å². The Labute approximate surface area is 194 Å². The second-order valence-corrected chi connectivity index (χ2v) is 7.53. The van der Waals surface area contributed by atoms with Gasteiger partial charge >= 0.3 is 18.1 Å². The van der Waals surface area contributed by atoms with Crippen LogP contribution in [0.1, 0.15) is 28.0 Å². The molecule has 2 aromatic heterocycles. The maximum atomic E-state index is 13.6. The van der Waals surface area contributed by atoms with E-state index in [2.05, 4.69) is 10.1 Å². The van der Waals surface area contributed by atoms with Crippen LogP contribution in [0.4, 0.5) is 22.0 Å². The zero-order valence-electron chi connectivity index (χ0n) is 17.9. The van der Waals surface area contributed by atoms with Crippen LogP contribution >= 0.6 is 0 Å². The van der Waals surface area contributed by atoms with Crippen molar-refractivity contribution < 1.29 is 41.8 Å². The number of rotatable bonds is 5. The normalized spacial score (nSPS) is 12.3. The van der Waals surface area contributed by atoms with Gasteiger partial charge in [-0.15, -0.1) is 0 Å². The molecule has 0 spiro atoms. The average molecular weight is 498 g/mol. The average Bonchev–Trinajstić information content (AvgIpc) is 3.15. The lowest BCUT2D eigenvalue weighted by Gasteiger charge is -2.16. The number of aliphatic carboxylic acids is 1. The van der Waals surface area contributed by atoms with E-state index in [1.165, 1.54) is 16.8 Å². The summed E-state index contributed by atoms with van der Waals surface area (Å²) in [6.45, 7) is 0.840. The molecule has 0 fully saturated rings. The summed E-state index contributed by atoms with van der Waals surface area (Å²) in [4.78, 5) is 25.0. The van der Waals surface area contributed by atoms with Crippen molar-refractivity contribution in [3.8, 4) is 22.5 Å². The number of halogens is 5. The number of pyridine rings is 1. The molecule has 1 aromatic carbocycles. The highest BCUT2D eigenvalue weighted by Crippen LogP contribution is 2.36. The highest BCUT2D eigenvalue weighted by Gasteiger charge is 2.38. The quantitative estimate of drug-likeness (QED) is 0.458. The number of fused-ring (bicyclic) bond motifs is 3. The van der Waals surface area contributed by atoms with Crippen LogP contribution in [0.2, 0.25) is 0 Å². The third kappa shape index (κ3) is 5.80. The first-order chi connectivity index (χ1) is 16.4. The Bertz CT molecular complexity index is 1250. The maximum absolute atomic E-state index is 13.6. The van der Waals surface area contributed by atoms with Crippen LogP contribution in [0.3, 0.4) is 0 Å². The minimum Gasteiger partial charge on any atom is -0.477 e. The van der Waals surface area contributed by atoms with Crippen LogP contribution in [0, 0.1) is 11.6 Å². The number of carbonyl (C=O) groups is 2. The van der Waals surface area contributed by atoms with E-state index >= 15 is 0 Å². The van der Waals surface area contributed by atoms with Crippen molar-refractivity contribution >= 4 is 11.9 Å². The number of nitrogens with zero attached hydrogens (tertiary/aromatic N) is 3. The first-order valence-electron chi connectivity index (χ1n) is 10.2. The lowest BCUT2D eigenvalue weighted by Crippen LogP contribution is -2.21. The summed E-state index contributed by atoms with van der Waals surface area (Å²) in [5.74, 6) is -5.16. The van der Waals surface area contributed by atoms with Crippen LogP contribution in [0.5, 0.6) is 0 Å². The van der Waals surface area contributed by atoms with Gasteiger partial charge in [-0.1, -0.05) is 0 Å². The predicted octanol–water partition coefficient (Wildman–Crippen LogP) is 3.67. The first-order valence-corrected chi connectivity index (χ1v) is 10.2. The molecule has 3 aromatic rings. The molecule has 0 aliphatic heterocycles. The summed E-state index contributed by atoms with van der Waals surface area (Å²) in [6, 6.07) is 4.94. The summed E-state index contributed by atoms with van der Waals surface area (Å²) >= 11 is 0. The molecule has 0 radical (unpaired) electrons. The van der Waals surface area contributed by atoms with Crippen molar-refractivity contribution in [2.24, 2.45) is 5.73 Å². The van der Waals surface area contributed by atoms with Gasteiger partial charge < -0.3 is 15.9 Å². The summed E-state index contributed by atoms with van der Waals surface area (Å²) in [7, 11) is 0. The number of aromatic nitrogens is 3. The van der Waals surface area contributed by atoms with E-state index in [9.17, 15) is 31.9 Å². The van der Waals surface area contributed by atoms with Gasteiger partial charge in [-0.25, -0.2) is 18.4 Å². The molecular formula is C22H19F5N4O4. The second kappa shape index (κ2) is 10.2. The fourth-order valence-electron chi connectivity index (χ4n) is 3.62. The molecular weight excluding hydrogens is 479 g/mol. The van der Waals surface area contributed by atoms with Gasteiger partial charge in [-0.3, -0.25) is 9.67 Å². The number of nitrogens with two attached hydrogens (primary N) is 1. The summed E-state index contributed by atoms with van der Waals surface area (Å²) in [5, 5.41) is 21.3. The van der Waals surface area contributed by atoms with Gasteiger partial charge in [0.2, 0.25) is 0 Å². The van der Waals surface area contributed by atoms with E-state index in [4.69, 9.17) is 15.6 Å². The Morgan fingerprint density at radius 1 is 1.06 bits per heavy atom. The van der Waals surface area contributed by atoms with E-state index in [1.54, 1.807) is 12.3 Å². The number of aryl methyl sites for hydroxylation is 2. The van der Waals surface area contributed by atoms with Crippen molar-refractivity contribution in [1.82, 2.24) is 14.8 Å². The van der Waals surface area contributed by atoms with E-state index < -0.39 is 29.7 Å². The van der Waals surface area contributed by atoms with Crippen LogP contribution in [-0.4, -0.2) is 49.6 Å². The summed E-state index contributed by atoms with van der Waals surface area (Å²) < 4.78 is 60.4. The van der Waals surface area contributed by atoms with Crippen LogP contribution in [-0.2, 0) is 24.2 Å². The second-order valence-electron chi connectivity index (χ2n) is 7.53. The van der Waals surface area contributed by atoms with Crippen molar-refractivity contribution in [1.29, 1.82) is 0 Å². The van der Waals surface area contributed by atoms with Gasteiger partial charge in [0, 0.05) is 35.5 Å². The van der Waals surface area contributed by atoms with Gasteiger partial charge in [-0.2, -0.15) is 18.3 Å². The molecule has 0 amide bonds. The van der Waals surface area contributed by atoms with Crippen LogP contribution in [0.15, 0.2) is 30.5 Å². The van der Waals surface area contributed by atoms with Crippen molar-refractivity contribution in [3.63, 3.8) is 0 Å². The first kappa shape index (κ1) is 25.7. The molecule has 1 aliphatic rings. The van der Waals surface area contributed by atoms with E-state index in [1.807, 2.05) is 0 Å². The molecule has 1 aliphatic carbocycles. The minimum atomic E-state index is -5.08. The fraction of sp³-hybridized carbons (Fsp3) is 0.273. The highest BCUT2D eigenvalue weighted by molar-refractivity contribution is 5.91. The molecule has 4 N–H and O–H groups in total. The van der Waals surface area contributed by atoms with Gasteiger partial charge in [0.05, 0.1) is 11.4 Å². The molecule has 0 saturated heterocycles. The Morgan fingerprint density at radius 3 is 2.23 bits per heavy atom. The third-order valence-electron chi connectivity index (χ3n) is 5.11. The number of benzene rings is 1. The number of aromatic carboxylic acids is 1. The molecule has 2 heterocycles. The molecule has 0 saturated carbocycles. The lowest BCUT2D eigenvalue weighted by molar-refractivity contribution is -0.192. The Hall–Kier alpha value is -3.87. The van der Waals surface area contributed by atoms with E-state index in [0.717, 1.165) is 17.2 Å². The van der Waals surface area contributed by atoms with Crippen molar-refractivity contribution in [3.05, 3.63) is 58.9 Å². The molecule has 0 atom stereocenters. The van der Waals surface area contributed by atoms with Crippen LogP contribution < -0.4 is 5.73 Å². The molecule has 4 rings (SSSR count). The Kier molecular flexibility index (Phi) is 7.48. The largest absolute Gasteiger partial charge is 0.490 e. The number of carboxylic acid groups (broad SMARTS) is 2. The molecule has 13 heteroatoms. The van der Waals surface area contributed by atoms with Crippen molar-refractivity contribution in [2.75, 3.05) is 6.54 Å². The van der Waals surface area contributed by atoms with Gasteiger partial charge in [0.25, 0.3) is 0 Å². The predicted molar refractivity (Wildman–Crippen MR) is 113 cm³/mol. The zero-order chi connectivity index (χ0) is 25.9. The van der Waals surface area contributed by atoms with Gasteiger partial charge in [0.15, 0.2) is 0 Å².